The van der Waals surface area contributed by atoms with Gasteiger partial charge in [0.25, 0.3) is 0 Å². The van der Waals surface area contributed by atoms with Crippen molar-refractivity contribution in [2.45, 2.75) is 347 Å². The molecule has 2 unspecified atom stereocenters. The highest BCUT2D eigenvalue weighted by molar-refractivity contribution is 5.76. The number of carbonyl (C=O) groups excluding carboxylic acids is 2. The quantitative estimate of drug-likeness (QED) is 0.0321. The molecule has 0 rings (SSSR count). The van der Waals surface area contributed by atoms with Crippen molar-refractivity contribution in [2.24, 2.45) is 0 Å². The largest absolute Gasteiger partial charge is 0.466 e. The molecule has 70 heavy (non-hydrogen) atoms. The molecule has 0 aromatic carbocycles. The third kappa shape index (κ3) is 55.4. The van der Waals surface area contributed by atoms with E-state index in [0.29, 0.717) is 25.9 Å². The second kappa shape index (κ2) is 59.6. The highest BCUT2D eigenvalue weighted by Gasteiger charge is 2.20. The molecule has 0 aliphatic carbocycles. The maximum Gasteiger partial charge on any atom is 0.305 e. The van der Waals surface area contributed by atoms with Gasteiger partial charge in [-0.3, -0.25) is 9.59 Å². The first-order chi connectivity index (χ1) is 34.5. The Balaban J connectivity index is 3.41. The normalized spacial score (nSPS) is 12.8. The van der Waals surface area contributed by atoms with Gasteiger partial charge in [0.15, 0.2) is 0 Å². The molecule has 0 radical (unpaired) electrons. The molecule has 3 N–H and O–H groups in total. The average Bonchev–Trinajstić information content (AvgIpc) is 3.36. The van der Waals surface area contributed by atoms with Gasteiger partial charge < -0.3 is 20.3 Å². The molecule has 0 fully saturated rings. The average molecular weight is 985 g/mol. The van der Waals surface area contributed by atoms with Gasteiger partial charge in [-0.2, -0.15) is 0 Å². The summed E-state index contributed by atoms with van der Waals surface area (Å²) in [6, 6.07) is -0.546. The molecule has 1 amide bonds. The van der Waals surface area contributed by atoms with Crippen LogP contribution in [-0.2, 0) is 14.3 Å². The fraction of sp³-hybridized carbons (Fsp3) is 0.875. The van der Waals surface area contributed by atoms with Crippen molar-refractivity contribution < 1.29 is 24.5 Å². The standard InChI is InChI=1S/C64H121NO5/c1-3-5-7-9-11-13-15-17-19-26-30-34-38-42-46-50-54-58-64(69)70-59-55-51-47-43-39-35-31-28-25-23-21-20-22-24-27-29-33-37-41-45-49-53-57-63(68)65-61(60-66)62(67)56-52-48-44-40-36-32-18-16-14-12-10-8-6-4-2/h11,13,17,19,22,24,61-62,66-67H,3-10,12,14-16,18,20-21,23,25-60H2,1-2H3,(H,65,68)/b13-11-,19-17-,24-22-. The minimum atomic E-state index is -0.668. The number of hydrogen-bond acceptors (Lipinski definition) is 5. The summed E-state index contributed by atoms with van der Waals surface area (Å²) in [4.78, 5) is 24.6. The summed E-state index contributed by atoms with van der Waals surface area (Å²) in [6.07, 6.45) is 74.4. The Kier molecular flexibility index (Phi) is 58.0. The molecule has 6 heteroatoms. The SMILES string of the molecule is CCCCC/C=C\C/C=C\CCCCCCCCCC(=O)OCCCCCCCCCCCCC/C=C\CCCCCCCCCC(=O)NC(CO)C(O)CCCCCCCCCCCCCCCC. The molecule has 0 saturated heterocycles. The summed E-state index contributed by atoms with van der Waals surface area (Å²) in [6.45, 7) is 4.93. The number of hydrogen-bond donors (Lipinski definition) is 3. The zero-order chi connectivity index (χ0) is 50.7. The predicted molar refractivity (Wildman–Crippen MR) is 306 cm³/mol. The molecule has 2 atom stereocenters. The van der Waals surface area contributed by atoms with Gasteiger partial charge in [0.05, 0.1) is 25.4 Å². The van der Waals surface area contributed by atoms with E-state index in [1.807, 2.05) is 0 Å². The van der Waals surface area contributed by atoms with Crippen molar-refractivity contribution in [3.05, 3.63) is 36.5 Å². The fourth-order valence-electron chi connectivity index (χ4n) is 9.61. The third-order valence-electron chi connectivity index (χ3n) is 14.4. The maximum atomic E-state index is 12.5. The lowest BCUT2D eigenvalue weighted by molar-refractivity contribution is -0.143. The molecule has 0 aliphatic heterocycles. The van der Waals surface area contributed by atoms with E-state index < -0.39 is 12.1 Å². The van der Waals surface area contributed by atoms with Gasteiger partial charge in [0.2, 0.25) is 5.91 Å². The predicted octanol–water partition coefficient (Wildman–Crippen LogP) is 19.6. The lowest BCUT2D eigenvalue weighted by Gasteiger charge is -2.22. The maximum absolute atomic E-state index is 12.5. The summed E-state index contributed by atoms with van der Waals surface area (Å²) in [5.74, 6) is -0.0388. The highest BCUT2D eigenvalue weighted by Crippen LogP contribution is 2.17. The van der Waals surface area contributed by atoms with Crippen LogP contribution >= 0.6 is 0 Å². The molecule has 0 saturated carbocycles. The highest BCUT2D eigenvalue weighted by atomic mass is 16.5. The van der Waals surface area contributed by atoms with Gasteiger partial charge in [-0.25, -0.2) is 0 Å². The molecule has 0 bridgehead atoms. The number of esters is 1. The molecule has 0 aromatic rings. The van der Waals surface area contributed by atoms with Gasteiger partial charge in [-0.15, -0.1) is 0 Å². The number of rotatable bonds is 58. The van der Waals surface area contributed by atoms with Gasteiger partial charge in [0, 0.05) is 12.8 Å². The first kappa shape index (κ1) is 68.1. The summed E-state index contributed by atoms with van der Waals surface area (Å²) in [7, 11) is 0. The number of aliphatic hydroxyl groups is 2. The summed E-state index contributed by atoms with van der Waals surface area (Å²) in [5.41, 5.74) is 0. The van der Waals surface area contributed by atoms with E-state index in [4.69, 9.17) is 4.74 Å². The van der Waals surface area contributed by atoms with Crippen LogP contribution in [0.3, 0.4) is 0 Å². The fourth-order valence-corrected chi connectivity index (χ4v) is 9.61. The molecule has 0 aromatic heterocycles. The molecule has 0 aliphatic rings. The molecule has 0 heterocycles. The number of nitrogens with one attached hydrogen (secondary N) is 1. The van der Waals surface area contributed by atoms with Gasteiger partial charge >= 0.3 is 5.97 Å². The Hall–Kier alpha value is -1.92. The van der Waals surface area contributed by atoms with E-state index in [2.05, 4.69) is 55.6 Å². The first-order valence-corrected chi connectivity index (χ1v) is 31.2. The van der Waals surface area contributed by atoms with Crippen LogP contribution in [0.4, 0.5) is 0 Å². The number of unbranched alkanes of at least 4 members (excludes halogenated alkanes) is 41. The van der Waals surface area contributed by atoms with Crippen molar-refractivity contribution in [3.8, 4) is 0 Å². The number of carbonyl (C=O) groups is 2. The topological polar surface area (TPSA) is 95.9 Å². The molecule has 412 valence electrons. The first-order valence-electron chi connectivity index (χ1n) is 31.2. The summed E-state index contributed by atoms with van der Waals surface area (Å²) < 4.78 is 5.49. The molecule has 0 spiro atoms. The Labute approximate surface area is 436 Å². The van der Waals surface area contributed by atoms with Crippen LogP contribution in [0.25, 0.3) is 0 Å². The van der Waals surface area contributed by atoms with Crippen molar-refractivity contribution in [3.63, 3.8) is 0 Å². The number of allylic oxidation sites excluding steroid dienone is 6. The lowest BCUT2D eigenvalue weighted by Crippen LogP contribution is -2.45. The number of ether oxygens (including phenoxy) is 1. The van der Waals surface area contributed by atoms with E-state index in [0.717, 1.165) is 51.4 Å². The van der Waals surface area contributed by atoms with E-state index in [-0.39, 0.29) is 18.5 Å². The van der Waals surface area contributed by atoms with E-state index in [9.17, 15) is 19.8 Å². The van der Waals surface area contributed by atoms with Crippen molar-refractivity contribution >= 4 is 11.9 Å². The van der Waals surface area contributed by atoms with E-state index in [1.54, 1.807) is 0 Å². The van der Waals surface area contributed by atoms with Gasteiger partial charge in [0.1, 0.15) is 0 Å². The Bertz CT molecular complexity index is 1130. The lowest BCUT2D eigenvalue weighted by atomic mass is 10.0. The summed E-state index contributed by atoms with van der Waals surface area (Å²) in [5, 5.41) is 23.3. The van der Waals surface area contributed by atoms with Crippen molar-refractivity contribution in [1.29, 1.82) is 0 Å². The van der Waals surface area contributed by atoms with Crippen LogP contribution in [0.5, 0.6) is 0 Å². The van der Waals surface area contributed by atoms with E-state index >= 15 is 0 Å². The zero-order valence-corrected chi connectivity index (χ0v) is 47.0. The third-order valence-corrected chi connectivity index (χ3v) is 14.4. The molecular formula is C64H121NO5. The van der Waals surface area contributed by atoms with Gasteiger partial charge in [-0.05, 0) is 83.5 Å². The van der Waals surface area contributed by atoms with Crippen molar-refractivity contribution in [2.75, 3.05) is 13.2 Å². The second-order valence-corrected chi connectivity index (χ2v) is 21.4. The van der Waals surface area contributed by atoms with Crippen LogP contribution in [0.1, 0.15) is 335 Å². The monoisotopic (exact) mass is 984 g/mol. The van der Waals surface area contributed by atoms with Gasteiger partial charge in [-0.1, -0.05) is 275 Å². The minimum Gasteiger partial charge on any atom is -0.466 e. The Morgan fingerprint density at radius 1 is 0.400 bits per heavy atom. The molecular weight excluding hydrogens is 863 g/mol. The van der Waals surface area contributed by atoms with Crippen molar-refractivity contribution in [1.82, 2.24) is 5.32 Å². The van der Waals surface area contributed by atoms with Crippen LogP contribution in [0, 0.1) is 0 Å². The number of amides is 1. The van der Waals surface area contributed by atoms with Crippen LogP contribution in [0.15, 0.2) is 36.5 Å². The summed E-state index contributed by atoms with van der Waals surface area (Å²) >= 11 is 0. The van der Waals surface area contributed by atoms with Crippen LogP contribution in [0.2, 0.25) is 0 Å². The molecule has 6 nitrogen and oxygen atoms in total. The minimum absolute atomic E-state index is 0.00229. The number of aliphatic hydroxyl groups excluding tert-OH is 2. The van der Waals surface area contributed by atoms with E-state index in [1.165, 1.54) is 250 Å². The zero-order valence-electron chi connectivity index (χ0n) is 47.0. The van der Waals surface area contributed by atoms with Crippen LogP contribution in [-0.4, -0.2) is 47.4 Å². The smallest absolute Gasteiger partial charge is 0.305 e. The Morgan fingerprint density at radius 3 is 1.13 bits per heavy atom. The second-order valence-electron chi connectivity index (χ2n) is 21.4. The Morgan fingerprint density at radius 2 is 0.714 bits per heavy atom. The van der Waals surface area contributed by atoms with Crippen LogP contribution < -0.4 is 5.32 Å².